The van der Waals surface area contributed by atoms with Crippen molar-refractivity contribution in [1.29, 1.82) is 0 Å². The number of anilines is 1. The van der Waals surface area contributed by atoms with Gasteiger partial charge in [-0.1, -0.05) is 13.8 Å². The predicted octanol–water partition coefficient (Wildman–Crippen LogP) is 3.28. The Hall–Kier alpha value is -1.75. The van der Waals surface area contributed by atoms with Crippen LogP contribution in [0.4, 0.5) is 10.5 Å². The average Bonchev–Trinajstić information content (AvgIpc) is 2.93. The number of hydrogen-bond donors (Lipinski definition) is 1. The molecule has 1 aliphatic carbocycles. The van der Waals surface area contributed by atoms with E-state index in [4.69, 9.17) is 9.47 Å². The van der Waals surface area contributed by atoms with Crippen LogP contribution in [0.5, 0.6) is 5.75 Å². The highest BCUT2D eigenvalue weighted by atomic mass is 16.5. The Morgan fingerprint density at radius 2 is 2.17 bits per heavy atom. The smallest absolute Gasteiger partial charge is 0.321 e. The average molecular weight is 318 g/mol. The molecule has 1 aromatic carbocycles. The fourth-order valence-corrected chi connectivity index (χ4v) is 4.38. The maximum absolute atomic E-state index is 12.6. The van der Waals surface area contributed by atoms with Crippen molar-refractivity contribution in [2.45, 2.75) is 39.3 Å². The van der Waals surface area contributed by atoms with E-state index in [1.165, 1.54) is 0 Å². The number of nitrogens with one attached hydrogen (secondary N) is 1. The lowest BCUT2D eigenvalue weighted by molar-refractivity contribution is -0.137. The quantitative estimate of drug-likeness (QED) is 0.930. The van der Waals surface area contributed by atoms with E-state index >= 15 is 0 Å². The van der Waals surface area contributed by atoms with Crippen molar-refractivity contribution in [1.82, 2.24) is 4.90 Å². The molecule has 2 fully saturated rings. The maximum Gasteiger partial charge on any atom is 0.321 e. The van der Waals surface area contributed by atoms with Gasteiger partial charge in [0.05, 0.1) is 13.2 Å². The first-order valence-electron chi connectivity index (χ1n) is 8.16. The van der Waals surface area contributed by atoms with Gasteiger partial charge in [0.2, 0.25) is 0 Å². The van der Waals surface area contributed by atoms with E-state index in [0.717, 1.165) is 30.0 Å². The Balaban J connectivity index is 1.70. The third kappa shape index (κ3) is 2.57. The number of methoxy groups -OCH3 is 1. The van der Waals surface area contributed by atoms with Gasteiger partial charge in [-0.2, -0.15) is 0 Å². The standard InChI is InChI=1S/C18H26N2O3/c1-11-10-12(6-7-14(11)22-5)19-17(21)20(4)15-13-8-9-23-16(13)18(15,2)3/h6-7,10,13,15-16H,8-9H2,1-5H3,(H,19,21). The largest absolute Gasteiger partial charge is 0.496 e. The third-order valence-electron chi connectivity index (χ3n) is 5.42. The molecule has 3 rings (SSSR count). The Bertz CT molecular complexity index is 614. The molecule has 1 saturated heterocycles. The molecule has 0 radical (unpaired) electrons. The van der Waals surface area contributed by atoms with Crippen molar-refractivity contribution in [3.05, 3.63) is 23.8 Å². The summed E-state index contributed by atoms with van der Waals surface area (Å²) in [6, 6.07) is 5.81. The lowest BCUT2D eigenvalue weighted by Crippen LogP contribution is -2.67. The molecule has 1 saturated carbocycles. The van der Waals surface area contributed by atoms with Gasteiger partial charge in [-0.25, -0.2) is 4.79 Å². The van der Waals surface area contributed by atoms with Crippen LogP contribution in [-0.4, -0.2) is 43.8 Å². The topological polar surface area (TPSA) is 50.8 Å². The lowest BCUT2D eigenvalue weighted by Gasteiger charge is -2.57. The number of hydrogen-bond acceptors (Lipinski definition) is 3. The molecule has 1 aliphatic heterocycles. The van der Waals surface area contributed by atoms with Crippen LogP contribution >= 0.6 is 0 Å². The fourth-order valence-electron chi connectivity index (χ4n) is 4.38. The Labute approximate surface area is 137 Å². The molecule has 0 spiro atoms. The van der Waals surface area contributed by atoms with E-state index in [1.807, 2.05) is 37.1 Å². The Kier molecular flexibility index (Phi) is 4.00. The van der Waals surface area contributed by atoms with Gasteiger partial charge in [-0.05, 0) is 37.1 Å². The van der Waals surface area contributed by atoms with Gasteiger partial charge in [0, 0.05) is 36.7 Å². The summed E-state index contributed by atoms with van der Waals surface area (Å²) in [5, 5.41) is 2.99. The zero-order valence-electron chi connectivity index (χ0n) is 14.6. The summed E-state index contributed by atoms with van der Waals surface area (Å²) in [6.45, 7) is 7.15. The summed E-state index contributed by atoms with van der Waals surface area (Å²) >= 11 is 0. The number of aryl methyl sites for hydroxylation is 1. The molecule has 3 unspecified atom stereocenters. The normalized spacial score (nSPS) is 27.8. The summed E-state index contributed by atoms with van der Waals surface area (Å²) in [4.78, 5) is 14.5. The second-order valence-corrected chi connectivity index (χ2v) is 7.24. The first kappa shape index (κ1) is 16.1. The van der Waals surface area contributed by atoms with Crippen LogP contribution in [0.15, 0.2) is 18.2 Å². The number of fused-ring (bicyclic) bond motifs is 1. The summed E-state index contributed by atoms with van der Waals surface area (Å²) in [5.74, 6) is 1.28. The number of urea groups is 1. The molecule has 2 amide bonds. The molecule has 126 valence electrons. The second kappa shape index (κ2) is 5.71. The second-order valence-electron chi connectivity index (χ2n) is 7.24. The molecule has 0 aromatic heterocycles. The van der Waals surface area contributed by atoms with Gasteiger partial charge in [0.25, 0.3) is 0 Å². The van der Waals surface area contributed by atoms with Gasteiger partial charge in [0.1, 0.15) is 5.75 Å². The van der Waals surface area contributed by atoms with E-state index < -0.39 is 0 Å². The fraction of sp³-hybridized carbons (Fsp3) is 0.611. The van der Waals surface area contributed by atoms with Gasteiger partial charge < -0.3 is 19.7 Å². The van der Waals surface area contributed by atoms with E-state index in [1.54, 1.807) is 7.11 Å². The minimum absolute atomic E-state index is 0.00306. The highest BCUT2D eigenvalue weighted by Gasteiger charge is 2.61. The molecular weight excluding hydrogens is 292 g/mol. The summed E-state index contributed by atoms with van der Waals surface area (Å²) in [6.07, 6.45) is 1.32. The monoisotopic (exact) mass is 318 g/mol. The summed E-state index contributed by atoms with van der Waals surface area (Å²) in [7, 11) is 3.53. The van der Waals surface area contributed by atoms with E-state index in [0.29, 0.717) is 5.92 Å². The molecule has 2 aliphatic rings. The Morgan fingerprint density at radius 1 is 1.43 bits per heavy atom. The molecule has 23 heavy (non-hydrogen) atoms. The van der Waals surface area contributed by atoms with Gasteiger partial charge in [-0.3, -0.25) is 0 Å². The minimum atomic E-state index is -0.0713. The van der Waals surface area contributed by atoms with Crippen LogP contribution in [-0.2, 0) is 4.74 Å². The van der Waals surface area contributed by atoms with E-state index in [9.17, 15) is 4.79 Å². The number of rotatable bonds is 3. The van der Waals surface area contributed by atoms with Crippen molar-refractivity contribution >= 4 is 11.7 Å². The highest BCUT2D eigenvalue weighted by molar-refractivity contribution is 5.89. The molecule has 3 atom stereocenters. The molecule has 1 aromatic rings. The van der Waals surface area contributed by atoms with E-state index in [2.05, 4.69) is 19.2 Å². The van der Waals surface area contributed by atoms with Crippen LogP contribution in [0.25, 0.3) is 0 Å². The number of benzene rings is 1. The SMILES string of the molecule is COc1ccc(NC(=O)N(C)C2C3CCOC3C2(C)C)cc1C. The number of carbonyl (C=O) groups is 1. The van der Waals surface area contributed by atoms with Crippen molar-refractivity contribution < 1.29 is 14.3 Å². The summed E-state index contributed by atoms with van der Waals surface area (Å²) < 4.78 is 11.1. The predicted molar refractivity (Wildman–Crippen MR) is 89.9 cm³/mol. The summed E-state index contributed by atoms with van der Waals surface area (Å²) in [5.41, 5.74) is 1.79. The first-order valence-corrected chi connectivity index (χ1v) is 8.16. The van der Waals surface area contributed by atoms with Crippen LogP contribution in [0.3, 0.4) is 0 Å². The van der Waals surface area contributed by atoms with Crippen molar-refractivity contribution in [3.63, 3.8) is 0 Å². The maximum atomic E-state index is 12.6. The number of amides is 2. The van der Waals surface area contributed by atoms with Crippen molar-refractivity contribution in [3.8, 4) is 5.75 Å². The van der Waals surface area contributed by atoms with Gasteiger partial charge >= 0.3 is 6.03 Å². The first-order chi connectivity index (χ1) is 10.9. The zero-order chi connectivity index (χ0) is 16.8. The van der Waals surface area contributed by atoms with Crippen LogP contribution in [0, 0.1) is 18.3 Å². The minimum Gasteiger partial charge on any atom is -0.496 e. The highest BCUT2D eigenvalue weighted by Crippen LogP contribution is 2.54. The van der Waals surface area contributed by atoms with Gasteiger partial charge in [0.15, 0.2) is 0 Å². The van der Waals surface area contributed by atoms with Crippen molar-refractivity contribution in [2.75, 3.05) is 26.1 Å². The molecule has 5 nitrogen and oxygen atoms in total. The van der Waals surface area contributed by atoms with Crippen LogP contribution < -0.4 is 10.1 Å². The molecular formula is C18H26N2O3. The van der Waals surface area contributed by atoms with Crippen LogP contribution in [0.2, 0.25) is 0 Å². The third-order valence-corrected chi connectivity index (χ3v) is 5.42. The zero-order valence-corrected chi connectivity index (χ0v) is 14.6. The number of nitrogens with zero attached hydrogens (tertiary/aromatic N) is 1. The van der Waals surface area contributed by atoms with E-state index in [-0.39, 0.29) is 23.6 Å². The van der Waals surface area contributed by atoms with Crippen LogP contribution in [0.1, 0.15) is 25.8 Å². The number of carbonyl (C=O) groups excluding carboxylic acids is 1. The molecule has 1 heterocycles. The lowest BCUT2D eigenvalue weighted by atomic mass is 9.57. The molecule has 0 bridgehead atoms. The van der Waals surface area contributed by atoms with Gasteiger partial charge in [-0.15, -0.1) is 0 Å². The molecule has 1 N–H and O–H groups in total. The number of ether oxygens (including phenoxy) is 2. The van der Waals surface area contributed by atoms with Crippen molar-refractivity contribution in [2.24, 2.45) is 11.3 Å². The molecule has 5 heteroatoms. The Morgan fingerprint density at radius 3 is 2.83 bits per heavy atom.